The number of aromatic nitrogens is 1. The number of carbonyl (C=O) groups excluding carboxylic acids is 1. The van der Waals surface area contributed by atoms with Crippen molar-refractivity contribution in [2.45, 2.75) is 12.6 Å². The molecule has 0 bridgehead atoms. The highest BCUT2D eigenvalue weighted by molar-refractivity contribution is 6.05. The summed E-state index contributed by atoms with van der Waals surface area (Å²) in [5, 5.41) is 0.821. The first-order valence-electron chi connectivity index (χ1n) is 9.30. The number of ether oxygens (including phenoxy) is 1. The van der Waals surface area contributed by atoms with Crippen LogP contribution in [0.4, 0.5) is 13.2 Å². The largest absolute Gasteiger partial charge is 0.497 e. The average Bonchev–Trinajstić information content (AvgIpc) is 3.13. The molecule has 3 nitrogen and oxygen atoms in total. The standard InChI is InChI=1S/C24H18F3NO2/c1-30-19-10-8-16(9-11-19)22-21(14-29)28-20-7-3-5-17(23(20)22)12-15-4-2-6-18(13-15)24(25,26)27/h2-11,13-14,28H,12H2,1H3. The molecular formula is C24H18F3NO2. The van der Waals surface area contributed by atoms with E-state index in [1.54, 1.807) is 25.3 Å². The molecule has 6 heteroatoms. The van der Waals surface area contributed by atoms with Crippen LogP contribution < -0.4 is 4.74 Å². The van der Waals surface area contributed by atoms with Gasteiger partial charge in [-0.3, -0.25) is 4.79 Å². The molecule has 0 radical (unpaired) electrons. The Bertz CT molecular complexity index is 1210. The Labute approximate surface area is 171 Å². The number of nitrogens with one attached hydrogen (secondary N) is 1. The Morgan fingerprint density at radius 3 is 2.40 bits per heavy atom. The van der Waals surface area contributed by atoms with Crippen LogP contribution >= 0.6 is 0 Å². The molecule has 3 aromatic carbocycles. The first-order valence-corrected chi connectivity index (χ1v) is 9.30. The summed E-state index contributed by atoms with van der Waals surface area (Å²) in [7, 11) is 1.57. The van der Waals surface area contributed by atoms with Crippen LogP contribution in [0, 0.1) is 0 Å². The van der Waals surface area contributed by atoms with Crippen LogP contribution in [0.2, 0.25) is 0 Å². The summed E-state index contributed by atoms with van der Waals surface area (Å²) in [6.45, 7) is 0. The van der Waals surface area contributed by atoms with Gasteiger partial charge in [0.15, 0.2) is 6.29 Å². The number of methoxy groups -OCH3 is 1. The molecule has 1 aromatic heterocycles. The number of aromatic amines is 1. The second-order valence-corrected chi connectivity index (χ2v) is 6.97. The van der Waals surface area contributed by atoms with Gasteiger partial charge in [0.1, 0.15) is 5.75 Å². The van der Waals surface area contributed by atoms with Gasteiger partial charge < -0.3 is 9.72 Å². The topological polar surface area (TPSA) is 42.1 Å². The highest BCUT2D eigenvalue weighted by Gasteiger charge is 2.30. The third-order valence-corrected chi connectivity index (χ3v) is 5.08. The second-order valence-electron chi connectivity index (χ2n) is 6.97. The second kappa shape index (κ2) is 7.71. The lowest BCUT2D eigenvalue weighted by molar-refractivity contribution is -0.137. The third-order valence-electron chi connectivity index (χ3n) is 5.08. The number of H-pyrrole nitrogens is 1. The lowest BCUT2D eigenvalue weighted by Crippen LogP contribution is -2.05. The van der Waals surface area contributed by atoms with Crippen molar-refractivity contribution in [1.82, 2.24) is 4.98 Å². The van der Waals surface area contributed by atoms with E-state index >= 15 is 0 Å². The summed E-state index contributed by atoms with van der Waals surface area (Å²) in [4.78, 5) is 14.9. The number of carbonyl (C=O) groups is 1. The molecular weight excluding hydrogens is 391 g/mol. The van der Waals surface area contributed by atoms with E-state index in [1.807, 2.05) is 30.3 Å². The molecule has 0 unspecified atom stereocenters. The maximum Gasteiger partial charge on any atom is 0.416 e. The molecule has 1 heterocycles. The Hall–Kier alpha value is -3.54. The van der Waals surface area contributed by atoms with Crippen molar-refractivity contribution < 1.29 is 22.7 Å². The van der Waals surface area contributed by atoms with Gasteiger partial charge in [0.25, 0.3) is 0 Å². The summed E-state index contributed by atoms with van der Waals surface area (Å²) in [6, 6.07) is 18.2. The monoisotopic (exact) mass is 409 g/mol. The lowest BCUT2D eigenvalue weighted by Gasteiger charge is -2.11. The van der Waals surface area contributed by atoms with Crippen LogP contribution in [0.15, 0.2) is 66.7 Å². The zero-order chi connectivity index (χ0) is 21.3. The summed E-state index contributed by atoms with van der Waals surface area (Å²) in [5.41, 5.74) is 3.43. The molecule has 0 atom stereocenters. The molecule has 30 heavy (non-hydrogen) atoms. The number of hydrogen-bond donors (Lipinski definition) is 1. The molecule has 4 rings (SSSR count). The molecule has 4 aromatic rings. The van der Waals surface area contributed by atoms with Crippen molar-refractivity contribution in [3.63, 3.8) is 0 Å². The van der Waals surface area contributed by atoms with Crippen LogP contribution in [-0.4, -0.2) is 18.4 Å². The first kappa shape index (κ1) is 19.8. The Kier molecular flexibility index (Phi) is 5.08. The predicted molar refractivity (Wildman–Crippen MR) is 110 cm³/mol. The fourth-order valence-corrected chi connectivity index (χ4v) is 3.71. The van der Waals surface area contributed by atoms with Gasteiger partial charge in [-0.25, -0.2) is 0 Å². The number of benzene rings is 3. The summed E-state index contributed by atoms with van der Waals surface area (Å²) >= 11 is 0. The van der Waals surface area contributed by atoms with Crippen LogP contribution in [0.5, 0.6) is 5.75 Å². The van der Waals surface area contributed by atoms with Crippen LogP contribution in [0.3, 0.4) is 0 Å². The van der Waals surface area contributed by atoms with E-state index in [-0.39, 0.29) is 0 Å². The predicted octanol–water partition coefficient (Wildman–Crippen LogP) is 6.27. The molecule has 0 aliphatic heterocycles. The van der Waals surface area contributed by atoms with Gasteiger partial charge in [0.2, 0.25) is 0 Å². The van der Waals surface area contributed by atoms with Crippen molar-refractivity contribution in [3.05, 3.63) is 89.1 Å². The lowest BCUT2D eigenvalue weighted by atomic mass is 9.94. The fraction of sp³-hybridized carbons (Fsp3) is 0.125. The summed E-state index contributed by atoms with van der Waals surface area (Å²) in [5.74, 6) is 0.690. The maximum absolute atomic E-state index is 13.1. The maximum atomic E-state index is 13.1. The first-order chi connectivity index (χ1) is 14.4. The van der Waals surface area contributed by atoms with Gasteiger partial charge in [-0.05, 0) is 47.4 Å². The van der Waals surface area contributed by atoms with E-state index in [9.17, 15) is 18.0 Å². The number of hydrogen-bond acceptors (Lipinski definition) is 2. The molecule has 0 fully saturated rings. The van der Waals surface area contributed by atoms with E-state index in [0.717, 1.165) is 39.9 Å². The van der Waals surface area contributed by atoms with E-state index in [0.29, 0.717) is 23.4 Å². The zero-order valence-corrected chi connectivity index (χ0v) is 16.1. The van der Waals surface area contributed by atoms with Gasteiger partial charge in [-0.15, -0.1) is 0 Å². The normalized spacial score (nSPS) is 11.6. The van der Waals surface area contributed by atoms with Crippen molar-refractivity contribution in [1.29, 1.82) is 0 Å². The van der Waals surface area contributed by atoms with Crippen molar-refractivity contribution in [3.8, 4) is 16.9 Å². The SMILES string of the molecule is COc1ccc(-c2c(C=O)[nH]c3cccc(Cc4cccc(C(F)(F)F)c4)c23)cc1. The van der Waals surface area contributed by atoms with Gasteiger partial charge in [0.05, 0.1) is 18.4 Å². The summed E-state index contributed by atoms with van der Waals surface area (Å²) in [6.07, 6.45) is -3.33. The highest BCUT2D eigenvalue weighted by Crippen LogP contribution is 2.36. The number of halogens is 3. The minimum atomic E-state index is -4.39. The zero-order valence-electron chi connectivity index (χ0n) is 16.1. The Balaban J connectivity index is 1.85. The minimum absolute atomic E-state index is 0.306. The van der Waals surface area contributed by atoms with Gasteiger partial charge in [0, 0.05) is 16.5 Å². The van der Waals surface area contributed by atoms with Gasteiger partial charge in [-0.1, -0.05) is 42.5 Å². The molecule has 1 N–H and O–H groups in total. The average molecular weight is 409 g/mol. The van der Waals surface area contributed by atoms with Crippen molar-refractivity contribution >= 4 is 17.2 Å². The molecule has 0 saturated heterocycles. The van der Waals surface area contributed by atoms with E-state index in [4.69, 9.17) is 4.74 Å². The van der Waals surface area contributed by atoms with Gasteiger partial charge >= 0.3 is 6.18 Å². The molecule has 152 valence electrons. The molecule has 0 aliphatic carbocycles. The quantitative estimate of drug-likeness (QED) is 0.395. The van der Waals surface area contributed by atoms with Crippen LogP contribution in [0.1, 0.15) is 27.2 Å². The highest BCUT2D eigenvalue weighted by atomic mass is 19.4. The number of alkyl halides is 3. The molecule has 0 saturated carbocycles. The Morgan fingerprint density at radius 2 is 1.73 bits per heavy atom. The minimum Gasteiger partial charge on any atom is -0.497 e. The number of aldehydes is 1. The van der Waals surface area contributed by atoms with Crippen molar-refractivity contribution in [2.75, 3.05) is 7.11 Å². The number of fused-ring (bicyclic) bond motifs is 1. The van der Waals surface area contributed by atoms with Gasteiger partial charge in [-0.2, -0.15) is 13.2 Å². The molecule has 0 amide bonds. The molecule has 0 spiro atoms. The van der Waals surface area contributed by atoms with Crippen LogP contribution in [-0.2, 0) is 12.6 Å². The fourth-order valence-electron chi connectivity index (χ4n) is 3.71. The summed E-state index contributed by atoms with van der Waals surface area (Å²) < 4.78 is 44.5. The number of rotatable bonds is 5. The molecule has 0 aliphatic rings. The van der Waals surface area contributed by atoms with Crippen LogP contribution in [0.25, 0.3) is 22.0 Å². The smallest absolute Gasteiger partial charge is 0.416 e. The van der Waals surface area contributed by atoms with E-state index < -0.39 is 11.7 Å². The van der Waals surface area contributed by atoms with E-state index in [2.05, 4.69) is 4.98 Å². The third kappa shape index (κ3) is 3.68. The van der Waals surface area contributed by atoms with E-state index in [1.165, 1.54) is 12.1 Å². The Morgan fingerprint density at radius 1 is 1.00 bits per heavy atom. The van der Waals surface area contributed by atoms with Crippen molar-refractivity contribution in [2.24, 2.45) is 0 Å².